The molecule has 2 aromatic heterocycles. The Morgan fingerprint density at radius 3 is 2.87 bits per heavy atom. The second-order valence-corrected chi connectivity index (χ2v) is 6.37. The Balaban J connectivity index is 1.51. The smallest absolute Gasteiger partial charge is 0.163 e. The van der Waals surface area contributed by atoms with Crippen LogP contribution in [-0.2, 0) is 6.54 Å². The molecule has 1 aliphatic heterocycles. The highest BCUT2D eigenvalue weighted by Crippen LogP contribution is 2.41. The second-order valence-electron chi connectivity index (χ2n) is 5.34. The molecule has 1 aromatic carbocycles. The summed E-state index contributed by atoms with van der Waals surface area (Å²) in [6.07, 6.45) is 5.28. The predicted molar refractivity (Wildman–Crippen MR) is 92.2 cm³/mol. The van der Waals surface area contributed by atoms with Gasteiger partial charge in [0.2, 0.25) is 0 Å². The largest absolute Gasteiger partial charge is 0.366 e. The van der Waals surface area contributed by atoms with Gasteiger partial charge in [-0.25, -0.2) is 15.0 Å². The van der Waals surface area contributed by atoms with Gasteiger partial charge in [0.1, 0.15) is 10.8 Å². The molecule has 1 aliphatic rings. The Bertz CT molecular complexity index is 848. The Labute approximate surface area is 138 Å². The van der Waals surface area contributed by atoms with Crippen molar-refractivity contribution >= 4 is 29.1 Å². The fourth-order valence-electron chi connectivity index (χ4n) is 2.36. The number of hydrogen-bond donors (Lipinski definition) is 2. The number of pyridine rings is 1. The number of hydrogen-bond acceptors (Lipinski definition) is 6. The zero-order valence-electron chi connectivity index (χ0n) is 12.6. The van der Waals surface area contributed by atoms with E-state index in [1.807, 2.05) is 19.2 Å². The van der Waals surface area contributed by atoms with E-state index in [2.05, 4.69) is 49.9 Å². The number of nitrogens with one attached hydrogen (secondary N) is 2. The van der Waals surface area contributed by atoms with E-state index in [-0.39, 0.29) is 0 Å². The average Bonchev–Trinajstić information content (AvgIpc) is 2.59. The lowest BCUT2D eigenvalue weighted by Crippen LogP contribution is -2.06. The third kappa shape index (κ3) is 2.98. The Morgan fingerprint density at radius 2 is 2.00 bits per heavy atom. The van der Waals surface area contributed by atoms with E-state index in [9.17, 15) is 0 Å². The molecule has 0 amide bonds. The first-order valence-electron chi connectivity index (χ1n) is 7.33. The number of rotatable bonds is 3. The van der Waals surface area contributed by atoms with Crippen LogP contribution in [-0.4, -0.2) is 15.0 Å². The van der Waals surface area contributed by atoms with Gasteiger partial charge in [-0.1, -0.05) is 23.9 Å². The van der Waals surface area contributed by atoms with Crippen molar-refractivity contribution in [3.63, 3.8) is 0 Å². The molecule has 0 bridgehead atoms. The molecule has 0 saturated heterocycles. The van der Waals surface area contributed by atoms with Crippen molar-refractivity contribution in [2.75, 3.05) is 10.6 Å². The van der Waals surface area contributed by atoms with Crippen LogP contribution in [0.1, 0.15) is 11.1 Å². The van der Waals surface area contributed by atoms with Crippen LogP contribution < -0.4 is 10.6 Å². The molecular formula is C17H15N5S. The van der Waals surface area contributed by atoms with Gasteiger partial charge >= 0.3 is 0 Å². The first-order valence-corrected chi connectivity index (χ1v) is 8.15. The zero-order chi connectivity index (χ0) is 15.6. The van der Waals surface area contributed by atoms with Crippen molar-refractivity contribution in [3.05, 3.63) is 60.0 Å². The van der Waals surface area contributed by atoms with Crippen molar-refractivity contribution in [2.24, 2.45) is 0 Å². The van der Waals surface area contributed by atoms with E-state index in [1.54, 1.807) is 24.2 Å². The van der Waals surface area contributed by atoms with Gasteiger partial charge in [-0.05, 0) is 36.2 Å². The number of nitrogens with zero attached hydrogens (tertiary/aromatic N) is 3. The molecule has 0 aliphatic carbocycles. The third-order valence-corrected chi connectivity index (χ3v) is 4.62. The zero-order valence-corrected chi connectivity index (χ0v) is 13.4. The number of aromatic nitrogens is 3. The van der Waals surface area contributed by atoms with Crippen LogP contribution in [0.15, 0.2) is 58.8 Å². The molecular weight excluding hydrogens is 306 g/mol. The first kappa shape index (κ1) is 14.0. The first-order chi connectivity index (χ1) is 11.3. The van der Waals surface area contributed by atoms with E-state index in [0.29, 0.717) is 0 Å². The number of aryl methyl sites for hydroxylation is 1. The highest BCUT2D eigenvalue weighted by molar-refractivity contribution is 7.99. The van der Waals surface area contributed by atoms with Crippen molar-refractivity contribution in [3.8, 4) is 0 Å². The Hall–Kier alpha value is -2.60. The fraction of sp³-hybridized carbons (Fsp3) is 0.118. The van der Waals surface area contributed by atoms with Crippen molar-refractivity contribution in [1.82, 2.24) is 15.0 Å². The van der Waals surface area contributed by atoms with Crippen LogP contribution in [0.5, 0.6) is 0 Å². The van der Waals surface area contributed by atoms with Gasteiger partial charge in [0.25, 0.3) is 0 Å². The van der Waals surface area contributed by atoms with Gasteiger partial charge in [0, 0.05) is 30.0 Å². The molecule has 5 nitrogen and oxygen atoms in total. The van der Waals surface area contributed by atoms with E-state index < -0.39 is 0 Å². The molecule has 0 saturated carbocycles. The molecule has 4 rings (SSSR count). The highest BCUT2D eigenvalue weighted by Gasteiger charge is 2.17. The van der Waals surface area contributed by atoms with Gasteiger partial charge in [-0.2, -0.15) is 0 Å². The normalized spacial score (nSPS) is 12.0. The maximum absolute atomic E-state index is 4.36. The van der Waals surface area contributed by atoms with Gasteiger partial charge in [0.15, 0.2) is 5.82 Å². The van der Waals surface area contributed by atoms with Gasteiger partial charge < -0.3 is 10.6 Å². The van der Waals surface area contributed by atoms with Crippen LogP contribution in [0.25, 0.3) is 0 Å². The summed E-state index contributed by atoms with van der Waals surface area (Å²) in [6, 6.07) is 10.4. The lowest BCUT2D eigenvalue weighted by atomic mass is 10.2. The number of benzene rings is 1. The fourth-order valence-corrected chi connectivity index (χ4v) is 3.23. The summed E-state index contributed by atoms with van der Waals surface area (Å²) in [7, 11) is 0. The number of fused-ring (bicyclic) bond motifs is 2. The van der Waals surface area contributed by atoms with Crippen LogP contribution in [0.4, 0.5) is 17.3 Å². The number of anilines is 3. The Morgan fingerprint density at radius 1 is 1.09 bits per heavy atom. The molecule has 114 valence electrons. The maximum atomic E-state index is 4.36. The summed E-state index contributed by atoms with van der Waals surface area (Å²) < 4.78 is 0. The molecule has 23 heavy (non-hydrogen) atoms. The van der Waals surface area contributed by atoms with Gasteiger partial charge in [0.05, 0.1) is 5.69 Å². The minimum absolute atomic E-state index is 0.725. The molecule has 2 N–H and O–H groups in total. The average molecular weight is 321 g/mol. The van der Waals surface area contributed by atoms with Crippen LogP contribution in [0.3, 0.4) is 0 Å². The molecule has 6 heteroatoms. The second kappa shape index (κ2) is 5.89. The highest BCUT2D eigenvalue weighted by atomic mass is 32.2. The lowest BCUT2D eigenvalue weighted by molar-refractivity contribution is 1.04. The molecule has 0 unspecified atom stereocenters. The van der Waals surface area contributed by atoms with E-state index in [0.717, 1.165) is 39.4 Å². The minimum atomic E-state index is 0.725. The predicted octanol–water partition coefficient (Wildman–Crippen LogP) is 4.00. The monoisotopic (exact) mass is 321 g/mol. The van der Waals surface area contributed by atoms with Crippen molar-refractivity contribution in [1.29, 1.82) is 0 Å². The summed E-state index contributed by atoms with van der Waals surface area (Å²) in [5.74, 6) is 1.70. The SMILES string of the molecule is Cc1ccc(NCc2ccc3c(c2)Nc2nccnc2S3)nc1. The van der Waals surface area contributed by atoms with Gasteiger partial charge in [-0.3, -0.25) is 0 Å². The van der Waals surface area contributed by atoms with E-state index >= 15 is 0 Å². The molecule has 0 atom stereocenters. The van der Waals surface area contributed by atoms with Crippen molar-refractivity contribution in [2.45, 2.75) is 23.4 Å². The van der Waals surface area contributed by atoms with Crippen LogP contribution in [0.2, 0.25) is 0 Å². The summed E-state index contributed by atoms with van der Waals surface area (Å²) in [5.41, 5.74) is 3.41. The third-order valence-electron chi connectivity index (χ3n) is 3.55. The molecule has 0 fully saturated rings. The van der Waals surface area contributed by atoms with Gasteiger partial charge in [-0.15, -0.1) is 0 Å². The minimum Gasteiger partial charge on any atom is -0.366 e. The molecule has 0 radical (unpaired) electrons. The molecule has 3 aromatic rings. The standard InChI is InChI=1S/C17H15N5S/c1-11-2-5-15(20-9-11)21-10-12-3-4-14-13(8-12)22-16-17(23-14)19-7-6-18-16/h2-9H,10H2,1H3,(H,18,22)(H,20,21). The molecule has 0 spiro atoms. The lowest BCUT2D eigenvalue weighted by Gasteiger charge is -2.19. The summed E-state index contributed by atoms with van der Waals surface area (Å²) in [4.78, 5) is 14.2. The van der Waals surface area contributed by atoms with E-state index in [1.165, 1.54) is 5.56 Å². The van der Waals surface area contributed by atoms with Crippen molar-refractivity contribution < 1.29 is 0 Å². The van der Waals surface area contributed by atoms with E-state index in [4.69, 9.17) is 0 Å². The quantitative estimate of drug-likeness (QED) is 0.595. The van der Waals surface area contributed by atoms with Crippen LogP contribution in [0, 0.1) is 6.92 Å². The topological polar surface area (TPSA) is 62.7 Å². The van der Waals surface area contributed by atoms with Crippen LogP contribution >= 0.6 is 11.8 Å². The maximum Gasteiger partial charge on any atom is 0.163 e. The summed E-state index contributed by atoms with van der Waals surface area (Å²) in [5, 5.41) is 7.60. The Kier molecular flexibility index (Phi) is 3.59. The summed E-state index contributed by atoms with van der Waals surface area (Å²) >= 11 is 1.64. The summed E-state index contributed by atoms with van der Waals surface area (Å²) in [6.45, 7) is 2.76. The molecule has 3 heterocycles.